The molecule has 0 spiro atoms. The molecule has 1 aromatic carbocycles. The molecule has 2 atom stereocenters. The quantitative estimate of drug-likeness (QED) is 0.765. The lowest BCUT2D eigenvalue weighted by Crippen LogP contribution is -2.40. The molecule has 4 nitrogen and oxygen atoms in total. The largest absolute Gasteiger partial charge is 0.325 e. The second-order valence-electron chi connectivity index (χ2n) is 4.56. The van der Waals surface area contributed by atoms with Crippen molar-refractivity contribution in [2.45, 2.75) is 38.3 Å². The minimum absolute atomic E-state index is 0.133. The van der Waals surface area contributed by atoms with Crippen LogP contribution in [0.15, 0.2) is 24.3 Å². The van der Waals surface area contributed by atoms with Gasteiger partial charge in [0.2, 0.25) is 5.91 Å². The number of nitrogens with one attached hydrogen (secondary N) is 3. The Labute approximate surface area is 106 Å². The summed E-state index contributed by atoms with van der Waals surface area (Å²) in [4.78, 5) is 11.9. The van der Waals surface area contributed by atoms with Crippen LogP contribution < -0.4 is 16.2 Å². The average Bonchev–Trinajstić information content (AvgIpc) is 2.78. The Morgan fingerprint density at radius 3 is 3.06 bits per heavy atom. The molecule has 1 heterocycles. The molecule has 1 saturated heterocycles. The zero-order valence-corrected chi connectivity index (χ0v) is 10.4. The van der Waals surface area contributed by atoms with Crippen LogP contribution in [-0.4, -0.2) is 18.0 Å². The first kappa shape index (κ1) is 13.0. The average molecular weight is 251 g/mol. The summed E-state index contributed by atoms with van der Waals surface area (Å²) < 4.78 is 13.0. The minimum Gasteiger partial charge on any atom is -0.325 e. The topological polar surface area (TPSA) is 53.2 Å². The predicted octanol–water partition coefficient (Wildman–Crippen LogP) is 1.80. The molecule has 0 saturated carbocycles. The van der Waals surface area contributed by atoms with Crippen molar-refractivity contribution in [2.24, 2.45) is 0 Å². The van der Waals surface area contributed by atoms with E-state index in [0.717, 1.165) is 19.3 Å². The normalized spacial score (nSPS) is 23.0. The maximum absolute atomic E-state index is 13.0. The van der Waals surface area contributed by atoms with Gasteiger partial charge in [0.05, 0.1) is 0 Å². The molecular formula is C13H18FN3O. The van der Waals surface area contributed by atoms with Gasteiger partial charge >= 0.3 is 0 Å². The molecule has 0 bridgehead atoms. The molecule has 2 unspecified atom stereocenters. The first-order valence-electron chi connectivity index (χ1n) is 6.26. The van der Waals surface area contributed by atoms with Gasteiger partial charge < -0.3 is 5.32 Å². The van der Waals surface area contributed by atoms with E-state index < -0.39 is 0 Å². The number of benzene rings is 1. The number of rotatable bonds is 4. The number of hydrazine groups is 1. The Morgan fingerprint density at radius 2 is 2.33 bits per heavy atom. The summed E-state index contributed by atoms with van der Waals surface area (Å²) >= 11 is 0. The first-order chi connectivity index (χ1) is 8.69. The number of amides is 1. The molecule has 5 heteroatoms. The van der Waals surface area contributed by atoms with Crippen molar-refractivity contribution >= 4 is 11.6 Å². The number of halogens is 1. The lowest BCUT2D eigenvalue weighted by atomic mass is 10.1. The van der Waals surface area contributed by atoms with Crippen LogP contribution in [0.3, 0.4) is 0 Å². The van der Waals surface area contributed by atoms with Gasteiger partial charge in [0, 0.05) is 11.7 Å². The minimum atomic E-state index is -0.353. The lowest BCUT2D eigenvalue weighted by Gasteiger charge is -2.10. The fraction of sp³-hybridized carbons (Fsp3) is 0.462. The van der Waals surface area contributed by atoms with Crippen LogP contribution in [0.2, 0.25) is 0 Å². The summed E-state index contributed by atoms with van der Waals surface area (Å²) in [6.07, 6.45) is 2.88. The molecule has 0 aromatic heterocycles. The van der Waals surface area contributed by atoms with Crippen LogP contribution in [0.1, 0.15) is 26.2 Å². The summed E-state index contributed by atoms with van der Waals surface area (Å²) in [5.74, 6) is -0.485. The first-order valence-corrected chi connectivity index (χ1v) is 6.26. The molecule has 0 aliphatic carbocycles. The number of hydrogen-bond donors (Lipinski definition) is 3. The highest BCUT2D eigenvalue weighted by Gasteiger charge is 2.28. The second kappa shape index (κ2) is 5.93. The maximum atomic E-state index is 13.0. The van der Waals surface area contributed by atoms with E-state index in [0.29, 0.717) is 11.7 Å². The molecule has 18 heavy (non-hydrogen) atoms. The van der Waals surface area contributed by atoms with Gasteiger partial charge in [0.25, 0.3) is 0 Å². The van der Waals surface area contributed by atoms with E-state index in [4.69, 9.17) is 0 Å². The van der Waals surface area contributed by atoms with Crippen LogP contribution in [-0.2, 0) is 4.79 Å². The van der Waals surface area contributed by atoms with Crippen LogP contribution in [0.25, 0.3) is 0 Å². The molecule has 98 valence electrons. The molecule has 0 radical (unpaired) electrons. The van der Waals surface area contributed by atoms with E-state index in [1.165, 1.54) is 12.1 Å². The highest BCUT2D eigenvalue weighted by atomic mass is 19.1. The summed E-state index contributed by atoms with van der Waals surface area (Å²) in [6, 6.07) is 5.98. The van der Waals surface area contributed by atoms with Gasteiger partial charge in [0.1, 0.15) is 11.9 Å². The summed E-state index contributed by atoms with van der Waals surface area (Å²) in [7, 11) is 0. The molecule has 1 fully saturated rings. The number of anilines is 1. The van der Waals surface area contributed by atoms with Gasteiger partial charge in [-0.05, 0) is 31.0 Å². The van der Waals surface area contributed by atoms with Crippen molar-refractivity contribution in [2.75, 3.05) is 5.32 Å². The van der Waals surface area contributed by atoms with E-state index >= 15 is 0 Å². The van der Waals surface area contributed by atoms with Crippen molar-refractivity contribution in [3.05, 3.63) is 30.1 Å². The maximum Gasteiger partial charge on any atom is 0.242 e. The third kappa shape index (κ3) is 3.27. The number of carbonyl (C=O) groups excluding carboxylic acids is 1. The summed E-state index contributed by atoms with van der Waals surface area (Å²) in [5.41, 5.74) is 6.56. The molecule has 3 N–H and O–H groups in total. The van der Waals surface area contributed by atoms with E-state index in [1.807, 2.05) is 0 Å². The molecule has 1 aromatic rings. The highest BCUT2D eigenvalue weighted by molar-refractivity contribution is 5.95. The zero-order valence-electron chi connectivity index (χ0n) is 10.4. The predicted molar refractivity (Wildman–Crippen MR) is 68.4 cm³/mol. The third-order valence-electron chi connectivity index (χ3n) is 3.03. The van der Waals surface area contributed by atoms with E-state index in [-0.39, 0.29) is 17.8 Å². The highest BCUT2D eigenvalue weighted by Crippen LogP contribution is 2.14. The van der Waals surface area contributed by atoms with Crippen LogP contribution >= 0.6 is 0 Å². The summed E-state index contributed by atoms with van der Waals surface area (Å²) in [5, 5.41) is 2.71. The van der Waals surface area contributed by atoms with Crippen LogP contribution in [0.4, 0.5) is 10.1 Å². The number of carbonyl (C=O) groups is 1. The third-order valence-corrected chi connectivity index (χ3v) is 3.03. The molecular weight excluding hydrogens is 233 g/mol. The Bertz CT molecular complexity index is 424. The van der Waals surface area contributed by atoms with Gasteiger partial charge in [-0.25, -0.2) is 9.82 Å². The van der Waals surface area contributed by atoms with Crippen molar-refractivity contribution in [3.8, 4) is 0 Å². The van der Waals surface area contributed by atoms with E-state index in [2.05, 4.69) is 23.1 Å². The van der Waals surface area contributed by atoms with Gasteiger partial charge in [-0.1, -0.05) is 19.4 Å². The van der Waals surface area contributed by atoms with Crippen LogP contribution in [0, 0.1) is 5.82 Å². The Morgan fingerprint density at radius 1 is 1.50 bits per heavy atom. The Hall–Kier alpha value is -1.46. The van der Waals surface area contributed by atoms with Crippen molar-refractivity contribution in [1.29, 1.82) is 0 Å². The fourth-order valence-electron chi connectivity index (χ4n) is 2.13. The van der Waals surface area contributed by atoms with Crippen molar-refractivity contribution < 1.29 is 9.18 Å². The Kier molecular flexibility index (Phi) is 4.28. The van der Waals surface area contributed by atoms with Crippen molar-refractivity contribution in [3.63, 3.8) is 0 Å². The molecule has 2 rings (SSSR count). The zero-order chi connectivity index (χ0) is 13.0. The number of hydrogen-bond acceptors (Lipinski definition) is 3. The van der Waals surface area contributed by atoms with Gasteiger partial charge in [-0.15, -0.1) is 0 Å². The monoisotopic (exact) mass is 251 g/mol. The smallest absolute Gasteiger partial charge is 0.242 e. The fourth-order valence-corrected chi connectivity index (χ4v) is 2.13. The van der Waals surface area contributed by atoms with E-state index in [1.54, 1.807) is 12.1 Å². The Balaban J connectivity index is 1.89. The lowest BCUT2D eigenvalue weighted by molar-refractivity contribution is -0.117. The van der Waals surface area contributed by atoms with Gasteiger partial charge in [-0.3, -0.25) is 10.2 Å². The van der Waals surface area contributed by atoms with E-state index in [9.17, 15) is 9.18 Å². The molecule has 1 aliphatic rings. The van der Waals surface area contributed by atoms with Gasteiger partial charge in [-0.2, -0.15) is 0 Å². The SMILES string of the molecule is CCCC1CC(C(=O)Nc2cccc(F)c2)NN1. The molecule has 1 aliphatic heterocycles. The molecule has 1 amide bonds. The second-order valence-corrected chi connectivity index (χ2v) is 4.56. The van der Waals surface area contributed by atoms with Gasteiger partial charge in [0.15, 0.2) is 0 Å². The standard InChI is InChI=1S/C13H18FN3O/c1-2-4-11-8-12(17-16-11)13(18)15-10-6-3-5-9(14)7-10/h3,5-7,11-12,16-17H,2,4,8H2,1H3,(H,15,18). The van der Waals surface area contributed by atoms with Crippen molar-refractivity contribution in [1.82, 2.24) is 10.9 Å². The summed E-state index contributed by atoms with van der Waals surface area (Å²) in [6.45, 7) is 2.11. The van der Waals surface area contributed by atoms with Crippen LogP contribution in [0.5, 0.6) is 0 Å².